The molecule has 9 nitrogen and oxygen atoms in total. The molecule has 0 saturated heterocycles. The van der Waals surface area contributed by atoms with E-state index in [2.05, 4.69) is 22.6 Å². The predicted octanol–water partition coefficient (Wildman–Crippen LogP) is 4.36. The highest BCUT2D eigenvalue weighted by Gasteiger charge is 2.29. The Morgan fingerprint density at radius 3 is 2.35 bits per heavy atom. The molecule has 2 amide bonds. The fourth-order valence-corrected chi connectivity index (χ4v) is 4.16. The minimum atomic E-state index is -0.917. The molecule has 0 radical (unpaired) electrons. The van der Waals surface area contributed by atoms with Crippen molar-refractivity contribution in [2.45, 2.75) is 25.7 Å². The zero-order valence-electron chi connectivity index (χ0n) is 18.7. The Hall–Kier alpha value is -4.14. The van der Waals surface area contributed by atoms with Gasteiger partial charge in [-0.2, -0.15) is 0 Å². The van der Waals surface area contributed by atoms with E-state index in [1.165, 1.54) is 11.0 Å². The van der Waals surface area contributed by atoms with Crippen molar-refractivity contribution in [3.8, 4) is 11.1 Å². The summed E-state index contributed by atoms with van der Waals surface area (Å²) in [6.45, 7) is 2.60. The van der Waals surface area contributed by atoms with Crippen LogP contribution in [0.4, 0.5) is 10.7 Å². The second-order valence-corrected chi connectivity index (χ2v) is 7.91. The van der Waals surface area contributed by atoms with E-state index in [1.807, 2.05) is 36.4 Å². The highest BCUT2D eigenvalue weighted by molar-refractivity contribution is 5.94. The van der Waals surface area contributed by atoms with Gasteiger partial charge in [-0.1, -0.05) is 53.7 Å². The third-order valence-corrected chi connectivity index (χ3v) is 5.79. The predicted molar refractivity (Wildman–Crippen MR) is 124 cm³/mol. The standard InChI is InChI=1S/C25H25N3O6/c1-2-28(13-7-12-23(29)30)24(31)21-14-22(34-27-21)26-25(32)33-15-20-18-10-5-3-8-16(18)17-9-4-6-11-19(17)20/h3-6,8-11,14,20H,2,7,12-13,15H2,1H3,(H,26,32)(H,29,30). The number of hydrogen-bond donors (Lipinski definition) is 2. The minimum absolute atomic E-state index is 0.0119. The summed E-state index contributed by atoms with van der Waals surface area (Å²) in [5, 5.41) is 15.0. The van der Waals surface area contributed by atoms with Crippen LogP contribution in [0.2, 0.25) is 0 Å². The molecule has 1 aromatic heterocycles. The number of nitrogens with one attached hydrogen (secondary N) is 1. The number of aliphatic carboxylic acids is 1. The van der Waals surface area contributed by atoms with Crippen molar-refractivity contribution >= 4 is 23.9 Å². The topological polar surface area (TPSA) is 122 Å². The lowest BCUT2D eigenvalue weighted by Gasteiger charge is -2.18. The summed E-state index contributed by atoms with van der Waals surface area (Å²) in [7, 11) is 0. The summed E-state index contributed by atoms with van der Waals surface area (Å²) >= 11 is 0. The molecule has 2 N–H and O–H groups in total. The van der Waals surface area contributed by atoms with Crippen molar-refractivity contribution in [2.75, 3.05) is 25.0 Å². The van der Waals surface area contributed by atoms with E-state index >= 15 is 0 Å². The van der Waals surface area contributed by atoms with Crippen LogP contribution in [0.5, 0.6) is 0 Å². The molecule has 34 heavy (non-hydrogen) atoms. The van der Waals surface area contributed by atoms with Crippen LogP contribution >= 0.6 is 0 Å². The van der Waals surface area contributed by atoms with Gasteiger partial charge in [0, 0.05) is 31.5 Å². The average Bonchev–Trinajstić information content (AvgIpc) is 3.42. The Morgan fingerprint density at radius 1 is 1.09 bits per heavy atom. The largest absolute Gasteiger partial charge is 0.481 e. The van der Waals surface area contributed by atoms with Crippen LogP contribution in [0.25, 0.3) is 11.1 Å². The number of fused-ring (bicyclic) bond motifs is 3. The maximum atomic E-state index is 12.6. The van der Waals surface area contributed by atoms with E-state index in [9.17, 15) is 14.4 Å². The van der Waals surface area contributed by atoms with E-state index in [4.69, 9.17) is 14.4 Å². The summed E-state index contributed by atoms with van der Waals surface area (Å²) in [6.07, 6.45) is -0.416. The second-order valence-electron chi connectivity index (χ2n) is 7.91. The molecule has 0 fully saturated rings. The van der Waals surface area contributed by atoms with E-state index in [0.29, 0.717) is 13.0 Å². The van der Waals surface area contributed by atoms with Crippen LogP contribution in [0.15, 0.2) is 59.1 Å². The van der Waals surface area contributed by atoms with Crippen LogP contribution in [0, 0.1) is 0 Å². The molecule has 0 spiro atoms. The van der Waals surface area contributed by atoms with Crippen LogP contribution in [0.1, 0.15) is 47.3 Å². The minimum Gasteiger partial charge on any atom is -0.481 e. The maximum absolute atomic E-state index is 12.6. The van der Waals surface area contributed by atoms with Crippen molar-refractivity contribution in [3.05, 3.63) is 71.4 Å². The van der Waals surface area contributed by atoms with Crippen molar-refractivity contribution in [1.82, 2.24) is 10.1 Å². The fourth-order valence-electron chi connectivity index (χ4n) is 4.16. The molecule has 0 unspecified atom stereocenters. The quantitative estimate of drug-likeness (QED) is 0.483. The third-order valence-electron chi connectivity index (χ3n) is 5.79. The lowest BCUT2D eigenvalue weighted by molar-refractivity contribution is -0.137. The first-order chi connectivity index (χ1) is 16.5. The number of aromatic nitrogens is 1. The number of carbonyl (C=O) groups excluding carboxylic acids is 2. The van der Waals surface area contributed by atoms with Gasteiger partial charge in [0.05, 0.1) is 0 Å². The summed E-state index contributed by atoms with van der Waals surface area (Å²) in [4.78, 5) is 37.2. The van der Waals surface area contributed by atoms with E-state index in [-0.39, 0.29) is 37.1 Å². The average molecular weight is 463 g/mol. The lowest BCUT2D eigenvalue weighted by atomic mass is 9.98. The fraction of sp³-hybridized carbons (Fsp3) is 0.280. The Kier molecular flexibility index (Phi) is 6.91. The molecule has 9 heteroatoms. The van der Waals surface area contributed by atoms with Gasteiger partial charge >= 0.3 is 12.1 Å². The first kappa shape index (κ1) is 23.0. The molecule has 1 aliphatic carbocycles. The Morgan fingerprint density at radius 2 is 1.74 bits per heavy atom. The summed E-state index contributed by atoms with van der Waals surface area (Å²) < 4.78 is 10.5. The van der Waals surface area contributed by atoms with Crippen LogP contribution < -0.4 is 5.32 Å². The van der Waals surface area contributed by atoms with E-state index in [1.54, 1.807) is 6.92 Å². The van der Waals surface area contributed by atoms with Gasteiger partial charge in [0.1, 0.15) is 6.61 Å². The first-order valence-corrected chi connectivity index (χ1v) is 11.1. The zero-order valence-corrected chi connectivity index (χ0v) is 18.7. The molecule has 4 rings (SSSR count). The van der Waals surface area contributed by atoms with Gasteiger partial charge in [0.25, 0.3) is 5.91 Å². The molecule has 1 heterocycles. The van der Waals surface area contributed by atoms with Crippen LogP contribution in [-0.4, -0.2) is 52.8 Å². The molecule has 2 aromatic carbocycles. The van der Waals surface area contributed by atoms with Gasteiger partial charge in [0.2, 0.25) is 5.88 Å². The van der Waals surface area contributed by atoms with Gasteiger partial charge in [-0.25, -0.2) is 4.79 Å². The number of carboxylic acid groups (broad SMARTS) is 1. The summed E-state index contributed by atoms with van der Waals surface area (Å²) in [5.41, 5.74) is 4.49. The molecule has 3 aromatic rings. The monoisotopic (exact) mass is 463 g/mol. The third kappa shape index (κ3) is 4.93. The Balaban J connectivity index is 1.35. The van der Waals surface area contributed by atoms with Crippen molar-refractivity contribution in [1.29, 1.82) is 0 Å². The number of anilines is 1. The van der Waals surface area contributed by atoms with Crippen molar-refractivity contribution in [3.63, 3.8) is 0 Å². The number of ether oxygens (including phenoxy) is 1. The Labute approximate surface area is 196 Å². The zero-order chi connectivity index (χ0) is 24.1. The number of carboxylic acids is 1. The lowest BCUT2D eigenvalue weighted by Crippen LogP contribution is -2.32. The highest BCUT2D eigenvalue weighted by atomic mass is 16.6. The first-order valence-electron chi connectivity index (χ1n) is 11.1. The summed E-state index contributed by atoms with van der Waals surface area (Å²) in [6, 6.07) is 17.4. The molecular weight excluding hydrogens is 438 g/mol. The number of rotatable bonds is 9. The number of nitrogens with zero attached hydrogens (tertiary/aromatic N) is 2. The molecule has 1 aliphatic rings. The second kappa shape index (κ2) is 10.2. The molecule has 0 aliphatic heterocycles. The van der Waals surface area contributed by atoms with Gasteiger partial charge < -0.3 is 19.3 Å². The Bertz CT molecular complexity index is 1160. The van der Waals surface area contributed by atoms with E-state index < -0.39 is 18.0 Å². The van der Waals surface area contributed by atoms with Gasteiger partial charge in [-0.15, -0.1) is 0 Å². The molecular formula is C25H25N3O6. The van der Waals surface area contributed by atoms with E-state index in [0.717, 1.165) is 22.3 Å². The maximum Gasteiger partial charge on any atom is 0.414 e. The number of hydrogen-bond acceptors (Lipinski definition) is 6. The van der Waals surface area contributed by atoms with Gasteiger partial charge in [-0.3, -0.25) is 14.9 Å². The summed E-state index contributed by atoms with van der Waals surface area (Å²) in [5.74, 6) is -1.41. The SMILES string of the molecule is CCN(CCCC(=O)O)C(=O)c1cc(NC(=O)OCC2c3ccccc3-c3ccccc32)on1. The van der Waals surface area contributed by atoms with Gasteiger partial charge in [0.15, 0.2) is 5.69 Å². The smallest absolute Gasteiger partial charge is 0.414 e. The van der Waals surface area contributed by atoms with Crippen molar-refractivity contribution in [2.24, 2.45) is 0 Å². The van der Waals surface area contributed by atoms with Crippen molar-refractivity contribution < 1.29 is 28.8 Å². The van der Waals surface area contributed by atoms with Crippen LogP contribution in [-0.2, 0) is 9.53 Å². The number of benzene rings is 2. The van der Waals surface area contributed by atoms with Gasteiger partial charge in [-0.05, 0) is 35.6 Å². The number of carbonyl (C=O) groups is 3. The normalized spacial score (nSPS) is 12.0. The highest BCUT2D eigenvalue weighted by Crippen LogP contribution is 2.44. The number of amides is 2. The van der Waals surface area contributed by atoms with Crippen LogP contribution in [0.3, 0.4) is 0 Å². The molecule has 176 valence electrons. The molecule has 0 saturated carbocycles. The molecule has 0 atom stereocenters. The molecule has 0 bridgehead atoms.